The number of hydrogen-bond acceptors (Lipinski definition) is 3. The molecule has 138 valence electrons. The lowest BCUT2D eigenvalue weighted by Crippen LogP contribution is -2.42. The molecule has 0 amide bonds. The summed E-state index contributed by atoms with van der Waals surface area (Å²) in [4.78, 5) is 37.2. The molecule has 5 nitrogen and oxygen atoms in total. The SMILES string of the molecule is CC(=O)c1cn(Cc2ccccc2F)c(=O)n(Cc2ccccc2F)c1=O. The lowest BCUT2D eigenvalue weighted by atomic mass is 10.2. The van der Waals surface area contributed by atoms with Crippen LogP contribution in [0.15, 0.2) is 64.3 Å². The number of benzene rings is 2. The summed E-state index contributed by atoms with van der Waals surface area (Å²) >= 11 is 0. The number of ketones is 1. The highest BCUT2D eigenvalue weighted by Crippen LogP contribution is 2.09. The maximum absolute atomic E-state index is 14.0. The molecule has 1 aromatic heterocycles. The molecule has 1 heterocycles. The van der Waals surface area contributed by atoms with Crippen LogP contribution in [-0.4, -0.2) is 14.9 Å². The molecule has 0 radical (unpaired) electrons. The van der Waals surface area contributed by atoms with Gasteiger partial charge in [-0.25, -0.2) is 13.6 Å². The van der Waals surface area contributed by atoms with Crippen molar-refractivity contribution in [2.75, 3.05) is 0 Å². The summed E-state index contributed by atoms with van der Waals surface area (Å²) in [7, 11) is 0. The monoisotopic (exact) mass is 370 g/mol. The van der Waals surface area contributed by atoms with Crippen LogP contribution < -0.4 is 11.2 Å². The second-order valence-electron chi connectivity index (χ2n) is 6.08. The Kier molecular flexibility index (Phi) is 5.12. The number of Topliss-reactive ketones (excluding diaryl/α,β-unsaturated/α-hetero) is 1. The molecular formula is C20H16F2N2O3. The lowest BCUT2D eigenvalue weighted by molar-refractivity contribution is 0.101. The van der Waals surface area contributed by atoms with Crippen LogP contribution in [-0.2, 0) is 13.1 Å². The third-order valence-electron chi connectivity index (χ3n) is 4.20. The topological polar surface area (TPSA) is 61.1 Å². The Bertz CT molecular complexity index is 1130. The van der Waals surface area contributed by atoms with E-state index in [1.165, 1.54) is 43.3 Å². The second kappa shape index (κ2) is 7.49. The minimum Gasteiger partial charge on any atom is -0.295 e. The van der Waals surface area contributed by atoms with Gasteiger partial charge in [0, 0.05) is 17.3 Å². The molecule has 0 fully saturated rings. The van der Waals surface area contributed by atoms with E-state index >= 15 is 0 Å². The van der Waals surface area contributed by atoms with Gasteiger partial charge in [0.1, 0.15) is 11.6 Å². The number of hydrogen-bond donors (Lipinski definition) is 0. The molecule has 7 heteroatoms. The van der Waals surface area contributed by atoms with Crippen molar-refractivity contribution in [2.24, 2.45) is 0 Å². The highest BCUT2D eigenvalue weighted by molar-refractivity contribution is 5.93. The third kappa shape index (κ3) is 3.76. The molecule has 27 heavy (non-hydrogen) atoms. The molecule has 3 aromatic rings. The van der Waals surface area contributed by atoms with Gasteiger partial charge in [-0.05, 0) is 19.1 Å². The number of nitrogens with zero attached hydrogens (tertiary/aromatic N) is 2. The molecular weight excluding hydrogens is 354 g/mol. The molecule has 0 N–H and O–H groups in total. The molecule has 0 bridgehead atoms. The predicted octanol–water partition coefficient (Wildman–Crippen LogP) is 2.59. The van der Waals surface area contributed by atoms with E-state index in [-0.39, 0.29) is 29.8 Å². The summed E-state index contributed by atoms with van der Waals surface area (Å²) in [5, 5.41) is 0. The van der Waals surface area contributed by atoms with E-state index in [9.17, 15) is 23.2 Å². The average molecular weight is 370 g/mol. The zero-order valence-corrected chi connectivity index (χ0v) is 14.5. The number of rotatable bonds is 5. The van der Waals surface area contributed by atoms with Crippen LogP contribution in [0.2, 0.25) is 0 Å². The van der Waals surface area contributed by atoms with Crippen LogP contribution in [0, 0.1) is 11.6 Å². The summed E-state index contributed by atoms with van der Waals surface area (Å²) in [6, 6.07) is 11.6. The van der Waals surface area contributed by atoms with Gasteiger partial charge in [0.2, 0.25) is 0 Å². The standard InChI is InChI=1S/C20H16F2N2O3/c1-13(25)16-12-23(10-14-6-2-4-8-17(14)21)20(27)24(19(16)26)11-15-7-3-5-9-18(15)22/h2-9,12H,10-11H2,1H3. The van der Waals surface area contributed by atoms with Crippen LogP contribution in [0.5, 0.6) is 0 Å². The molecule has 0 saturated heterocycles. The van der Waals surface area contributed by atoms with Crippen molar-refractivity contribution in [3.63, 3.8) is 0 Å². The smallest absolute Gasteiger partial charge is 0.295 e. The highest BCUT2D eigenvalue weighted by atomic mass is 19.1. The maximum Gasteiger partial charge on any atom is 0.331 e. The van der Waals surface area contributed by atoms with E-state index in [0.717, 1.165) is 15.3 Å². The highest BCUT2D eigenvalue weighted by Gasteiger charge is 2.17. The quantitative estimate of drug-likeness (QED) is 0.649. The fourth-order valence-electron chi connectivity index (χ4n) is 2.75. The van der Waals surface area contributed by atoms with Crippen molar-refractivity contribution in [3.05, 3.63) is 104 Å². The van der Waals surface area contributed by atoms with Crippen LogP contribution >= 0.6 is 0 Å². The van der Waals surface area contributed by atoms with Gasteiger partial charge in [0.15, 0.2) is 5.78 Å². The van der Waals surface area contributed by atoms with Gasteiger partial charge in [0.25, 0.3) is 5.56 Å². The maximum atomic E-state index is 14.0. The first-order chi connectivity index (χ1) is 12.9. The van der Waals surface area contributed by atoms with E-state index in [2.05, 4.69) is 0 Å². The Hall–Kier alpha value is -3.35. The van der Waals surface area contributed by atoms with E-state index in [1.54, 1.807) is 12.1 Å². The fraction of sp³-hybridized carbons (Fsp3) is 0.150. The Morgan fingerprint density at radius 2 is 1.41 bits per heavy atom. The first-order valence-corrected chi connectivity index (χ1v) is 8.20. The predicted molar refractivity (Wildman–Crippen MR) is 96.0 cm³/mol. The van der Waals surface area contributed by atoms with Gasteiger partial charge in [-0.3, -0.25) is 18.7 Å². The van der Waals surface area contributed by atoms with Gasteiger partial charge in [-0.2, -0.15) is 0 Å². The van der Waals surface area contributed by atoms with Crippen molar-refractivity contribution in [1.82, 2.24) is 9.13 Å². The van der Waals surface area contributed by atoms with Crippen LogP contribution in [0.1, 0.15) is 28.4 Å². The molecule has 0 aliphatic rings. The number of carbonyl (C=O) groups excluding carboxylic acids is 1. The summed E-state index contributed by atoms with van der Waals surface area (Å²) in [5.41, 5.74) is -1.42. The van der Waals surface area contributed by atoms with Crippen LogP contribution in [0.4, 0.5) is 8.78 Å². The number of carbonyl (C=O) groups is 1. The molecule has 0 atom stereocenters. The fourth-order valence-corrected chi connectivity index (χ4v) is 2.75. The van der Waals surface area contributed by atoms with Gasteiger partial charge in [-0.1, -0.05) is 36.4 Å². The van der Waals surface area contributed by atoms with Crippen molar-refractivity contribution in [1.29, 1.82) is 0 Å². The Morgan fingerprint density at radius 3 is 1.93 bits per heavy atom. The van der Waals surface area contributed by atoms with Crippen molar-refractivity contribution >= 4 is 5.78 Å². The Balaban J connectivity index is 2.15. The molecule has 0 saturated carbocycles. The molecule has 3 rings (SSSR count). The van der Waals surface area contributed by atoms with Crippen LogP contribution in [0.3, 0.4) is 0 Å². The lowest BCUT2D eigenvalue weighted by Gasteiger charge is -2.13. The van der Waals surface area contributed by atoms with E-state index < -0.39 is 28.7 Å². The minimum absolute atomic E-state index is 0.134. The largest absolute Gasteiger partial charge is 0.331 e. The van der Waals surface area contributed by atoms with Crippen molar-refractivity contribution < 1.29 is 13.6 Å². The van der Waals surface area contributed by atoms with Gasteiger partial charge >= 0.3 is 5.69 Å². The molecule has 0 unspecified atom stereocenters. The average Bonchev–Trinajstić information content (AvgIpc) is 2.63. The van der Waals surface area contributed by atoms with E-state index in [4.69, 9.17) is 0 Å². The van der Waals surface area contributed by atoms with Crippen LogP contribution in [0.25, 0.3) is 0 Å². The third-order valence-corrected chi connectivity index (χ3v) is 4.20. The van der Waals surface area contributed by atoms with Gasteiger partial charge in [-0.15, -0.1) is 0 Å². The summed E-state index contributed by atoms with van der Waals surface area (Å²) in [5.74, 6) is -1.62. The molecule has 0 spiro atoms. The first kappa shape index (κ1) is 18.4. The summed E-state index contributed by atoms with van der Waals surface area (Å²) < 4.78 is 29.8. The normalized spacial score (nSPS) is 10.8. The number of aromatic nitrogens is 2. The summed E-state index contributed by atoms with van der Waals surface area (Å²) in [6.45, 7) is 0.703. The van der Waals surface area contributed by atoms with Gasteiger partial charge in [0.05, 0.1) is 18.7 Å². The van der Waals surface area contributed by atoms with Gasteiger partial charge < -0.3 is 0 Å². The zero-order valence-electron chi connectivity index (χ0n) is 14.5. The minimum atomic E-state index is -0.805. The summed E-state index contributed by atoms with van der Waals surface area (Å²) in [6.07, 6.45) is 1.12. The van der Waals surface area contributed by atoms with E-state index in [1.807, 2.05) is 0 Å². The van der Waals surface area contributed by atoms with E-state index in [0.29, 0.717) is 0 Å². The second-order valence-corrected chi connectivity index (χ2v) is 6.08. The first-order valence-electron chi connectivity index (χ1n) is 8.20. The molecule has 2 aromatic carbocycles. The Morgan fingerprint density at radius 1 is 0.889 bits per heavy atom. The molecule has 0 aliphatic carbocycles. The van der Waals surface area contributed by atoms with Crippen molar-refractivity contribution in [3.8, 4) is 0 Å². The van der Waals surface area contributed by atoms with Crippen molar-refractivity contribution in [2.45, 2.75) is 20.0 Å². The zero-order chi connectivity index (χ0) is 19.6. The molecule has 0 aliphatic heterocycles. The number of halogens is 2. The Labute approximate surface area is 153 Å².